The van der Waals surface area contributed by atoms with Gasteiger partial charge in [-0.25, -0.2) is 0 Å². The molecular formula is C18H18N2O4. The average Bonchev–Trinajstić information content (AvgIpc) is 3.13. The fourth-order valence-electron chi connectivity index (χ4n) is 2.86. The average molecular weight is 326 g/mol. The summed E-state index contributed by atoms with van der Waals surface area (Å²) in [6.07, 6.45) is 0.882. The van der Waals surface area contributed by atoms with Gasteiger partial charge in [-0.1, -0.05) is 30.3 Å². The Bertz CT molecular complexity index is 727. The SMILES string of the molecule is O=C(c1ccccc1[N+](=O)[O-])N(CC1CCOC1)c1ccccc1. The van der Waals surface area contributed by atoms with Crippen molar-refractivity contribution in [3.05, 3.63) is 70.3 Å². The number of carbonyl (C=O) groups excluding carboxylic acids is 1. The van der Waals surface area contributed by atoms with Crippen molar-refractivity contribution in [2.75, 3.05) is 24.7 Å². The number of hydrogen-bond acceptors (Lipinski definition) is 4. The molecule has 0 spiro atoms. The van der Waals surface area contributed by atoms with Crippen molar-refractivity contribution in [2.45, 2.75) is 6.42 Å². The standard InChI is InChI=1S/C18H18N2O4/c21-18(16-8-4-5-9-17(16)20(22)23)19(12-14-10-11-24-13-14)15-6-2-1-3-7-15/h1-9,14H,10-13H2. The highest BCUT2D eigenvalue weighted by Gasteiger charge is 2.28. The summed E-state index contributed by atoms with van der Waals surface area (Å²) in [4.78, 5) is 25.4. The predicted octanol–water partition coefficient (Wildman–Crippen LogP) is 3.28. The molecular weight excluding hydrogens is 308 g/mol. The van der Waals surface area contributed by atoms with Crippen molar-refractivity contribution in [3.8, 4) is 0 Å². The van der Waals surface area contributed by atoms with Crippen LogP contribution >= 0.6 is 0 Å². The summed E-state index contributed by atoms with van der Waals surface area (Å²) in [7, 11) is 0. The van der Waals surface area contributed by atoms with Crippen LogP contribution in [-0.4, -0.2) is 30.6 Å². The zero-order chi connectivity index (χ0) is 16.9. The van der Waals surface area contributed by atoms with Crippen LogP contribution in [0.4, 0.5) is 11.4 Å². The van der Waals surface area contributed by atoms with Crippen molar-refractivity contribution in [2.24, 2.45) is 5.92 Å². The van der Waals surface area contributed by atoms with Gasteiger partial charge in [0.1, 0.15) is 5.56 Å². The van der Waals surface area contributed by atoms with Crippen LogP contribution in [0.1, 0.15) is 16.8 Å². The number of nitro groups is 1. The van der Waals surface area contributed by atoms with Gasteiger partial charge in [0, 0.05) is 30.8 Å². The van der Waals surface area contributed by atoms with Gasteiger partial charge in [-0.15, -0.1) is 0 Å². The van der Waals surface area contributed by atoms with E-state index >= 15 is 0 Å². The minimum absolute atomic E-state index is 0.102. The number of para-hydroxylation sites is 2. The van der Waals surface area contributed by atoms with Crippen LogP contribution in [-0.2, 0) is 4.74 Å². The van der Waals surface area contributed by atoms with E-state index < -0.39 is 4.92 Å². The van der Waals surface area contributed by atoms with Crippen LogP contribution in [0, 0.1) is 16.0 Å². The second-order valence-electron chi connectivity index (χ2n) is 5.76. The molecule has 1 fully saturated rings. The molecule has 1 saturated heterocycles. The Balaban J connectivity index is 1.95. The molecule has 1 amide bonds. The van der Waals surface area contributed by atoms with Gasteiger partial charge in [-0.2, -0.15) is 0 Å². The summed E-state index contributed by atoms with van der Waals surface area (Å²) in [5.74, 6) is -0.127. The van der Waals surface area contributed by atoms with Gasteiger partial charge in [0.2, 0.25) is 0 Å². The summed E-state index contributed by atoms with van der Waals surface area (Å²) in [5, 5.41) is 11.2. The van der Waals surface area contributed by atoms with E-state index in [0.29, 0.717) is 19.8 Å². The molecule has 2 aromatic rings. The number of nitrogens with zero attached hydrogens (tertiary/aromatic N) is 2. The molecule has 0 saturated carbocycles. The second-order valence-corrected chi connectivity index (χ2v) is 5.76. The van der Waals surface area contributed by atoms with E-state index in [1.807, 2.05) is 30.3 Å². The summed E-state index contributed by atoms with van der Waals surface area (Å²) in [6, 6.07) is 15.3. The number of hydrogen-bond donors (Lipinski definition) is 0. The van der Waals surface area contributed by atoms with E-state index in [1.165, 1.54) is 12.1 Å². The van der Waals surface area contributed by atoms with Crippen molar-refractivity contribution in [1.82, 2.24) is 0 Å². The van der Waals surface area contributed by atoms with E-state index in [4.69, 9.17) is 4.74 Å². The maximum absolute atomic E-state index is 13.0. The first kappa shape index (κ1) is 16.1. The van der Waals surface area contributed by atoms with Crippen molar-refractivity contribution < 1.29 is 14.5 Å². The molecule has 124 valence electrons. The molecule has 6 nitrogen and oxygen atoms in total. The van der Waals surface area contributed by atoms with E-state index in [0.717, 1.165) is 12.1 Å². The fourth-order valence-corrected chi connectivity index (χ4v) is 2.86. The van der Waals surface area contributed by atoms with Crippen LogP contribution in [0.5, 0.6) is 0 Å². The molecule has 1 heterocycles. The Morgan fingerprint density at radius 2 is 1.88 bits per heavy atom. The van der Waals surface area contributed by atoms with Gasteiger partial charge in [-0.3, -0.25) is 14.9 Å². The molecule has 2 aromatic carbocycles. The monoisotopic (exact) mass is 326 g/mol. The van der Waals surface area contributed by atoms with Crippen molar-refractivity contribution >= 4 is 17.3 Å². The fraction of sp³-hybridized carbons (Fsp3) is 0.278. The predicted molar refractivity (Wildman–Crippen MR) is 90.1 cm³/mol. The van der Waals surface area contributed by atoms with Crippen molar-refractivity contribution in [1.29, 1.82) is 0 Å². The molecule has 0 bridgehead atoms. The van der Waals surface area contributed by atoms with Crippen LogP contribution in [0.3, 0.4) is 0 Å². The first-order valence-corrected chi connectivity index (χ1v) is 7.85. The molecule has 6 heteroatoms. The van der Waals surface area contributed by atoms with E-state index in [2.05, 4.69) is 0 Å². The quantitative estimate of drug-likeness (QED) is 0.624. The molecule has 0 aromatic heterocycles. The number of anilines is 1. The highest BCUT2D eigenvalue weighted by atomic mass is 16.6. The summed E-state index contributed by atoms with van der Waals surface area (Å²) in [5.41, 5.74) is 0.656. The van der Waals surface area contributed by atoms with Gasteiger partial charge < -0.3 is 9.64 Å². The first-order chi connectivity index (χ1) is 11.7. The Morgan fingerprint density at radius 1 is 1.17 bits per heavy atom. The third kappa shape index (κ3) is 3.44. The highest BCUT2D eigenvalue weighted by Crippen LogP contribution is 2.25. The van der Waals surface area contributed by atoms with Crippen LogP contribution < -0.4 is 4.90 Å². The minimum atomic E-state index is -0.519. The maximum atomic E-state index is 13.0. The lowest BCUT2D eigenvalue weighted by atomic mass is 10.1. The Morgan fingerprint density at radius 3 is 2.54 bits per heavy atom. The van der Waals surface area contributed by atoms with Crippen LogP contribution in [0.15, 0.2) is 54.6 Å². The Labute approximate surface area is 139 Å². The molecule has 1 aliphatic heterocycles. The van der Waals surface area contributed by atoms with Crippen LogP contribution in [0.2, 0.25) is 0 Å². The lowest BCUT2D eigenvalue weighted by Crippen LogP contribution is -2.36. The molecule has 0 aliphatic carbocycles. The second kappa shape index (κ2) is 7.23. The molecule has 24 heavy (non-hydrogen) atoms. The molecule has 1 aliphatic rings. The summed E-state index contributed by atoms with van der Waals surface area (Å²) < 4.78 is 5.40. The number of benzene rings is 2. The number of carbonyl (C=O) groups is 1. The number of rotatable bonds is 5. The topological polar surface area (TPSA) is 72.7 Å². The summed E-state index contributed by atoms with van der Waals surface area (Å²) >= 11 is 0. The Kier molecular flexibility index (Phi) is 4.86. The maximum Gasteiger partial charge on any atom is 0.282 e. The van der Waals surface area contributed by atoms with Gasteiger partial charge in [-0.05, 0) is 24.6 Å². The van der Waals surface area contributed by atoms with Gasteiger partial charge >= 0.3 is 0 Å². The largest absolute Gasteiger partial charge is 0.381 e. The number of ether oxygens (including phenoxy) is 1. The highest BCUT2D eigenvalue weighted by molar-refractivity contribution is 6.08. The van der Waals surface area contributed by atoms with Crippen LogP contribution in [0.25, 0.3) is 0 Å². The van der Waals surface area contributed by atoms with Crippen molar-refractivity contribution in [3.63, 3.8) is 0 Å². The molecule has 1 unspecified atom stereocenters. The molecule has 1 atom stereocenters. The normalized spacial score (nSPS) is 16.8. The molecule has 3 rings (SSSR count). The zero-order valence-electron chi connectivity index (χ0n) is 13.1. The van der Waals surface area contributed by atoms with E-state index in [-0.39, 0.29) is 23.1 Å². The minimum Gasteiger partial charge on any atom is -0.381 e. The van der Waals surface area contributed by atoms with E-state index in [1.54, 1.807) is 17.0 Å². The van der Waals surface area contributed by atoms with Gasteiger partial charge in [0.05, 0.1) is 11.5 Å². The first-order valence-electron chi connectivity index (χ1n) is 7.85. The molecule has 0 radical (unpaired) electrons. The Hall–Kier alpha value is -2.73. The van der Waals surface area contributed by atoms with E-state index in [9.17, 15) is 14.9 Å². The van der Waals surface area contributed by atoms with Gasteiger partial charge in [0.15, 0.2) is 0 Å². The zero-order valence-corrected chi connectivity index (χ0v) is 13.1. The smallest absolute Gasteiger partial charge is 0.282 e. The third-order valence-corrected chi connectivity index (χ3v) is 4.11. The third-order valence-electron chi connectivity index (χ3n) is 4.11. The molecule has 0 N–H and O–H groups in total. The van der Waals surface area contributed by atoms with Gasteiger partial charge in [0.25, 0.3) is 11.6 Å². The number of amides is 1. The summed E-state index contributed by atoms with van der Waals surface area (Å²) in [6.45, 7) is 1.77. The lowest BCUT2D eigenvalue weighted by Gasteiger charge is -2.25. The number of nitro benzene ring substituents is 1. The lowest BCUT2D eigenvalue weighted by molar-refractivity contribution is -0.385.